The van der Waals surface area contributed by atoms with E-state index < -0.39 is 17.1 Å². The van der Waals surface area contributed by atoms with Crippen LogP contribution in [0.2, 0.25) is 0 Å². The molecule has 7 nitrogen and oxygen atoms in total. The van der Waals surface area contributed by atoms with Gasteiger partial charge in [0, 0.05) is 32.7 Å². The molecule has 31 heavy (non-hydrogen) atoms. The molecule has 2 aliphatic rings. The summed E-state index contributed by atoms with van der Waals surface area (Å²) in [4.78, 5) is 29.9. The summed E-state index contributed by atoms with van der Waals surface area (Å²) in [5.41, 5.74) is 0.0168. The summed E-state index contributed by atoms with van der Waals surface area (Å²) >= 11 is 0. The van der Waals surface area contributed by atoms with Crippen LogP contribution in [0.5, 0.6) is 0 Å². The van der Waals surface area contributed by atoms with Crippen LogP contribution in [0.1, 0.15) is 46.6 Å². The molecule has 0 spiro atoms. The van der Waals surface area contributed by atoms with Crippen molar-refractivity contribution in [1.82, 2.24) is 15.1 Å². The molecule has 3 rings (SSSR count). The second kappa shape index (κ2) is 9.57. The molecule has 2 amide bonds. The maximum absolute atomic E-state index is 13.5. The summed E-state index contributed by atoms with van der Waals surface area (Å²) in [7, 11) is 0. The molecule has 0 unspecified atom stereocenters. The number of fused-ring (bicyclic) bond motifs is 1. The molecule has 172 valence electrons. The van der Waals surface area contributed by atoms with E-state index in [-0.39, 0.29) is 24.6 Å². The van der Waals surface area contributed by atoms with Gasteiger partial charge in [-0.15, -0.1) is 0 Å². The number of nitrogens with one attached hydrogen (secondary N) is 1. The largest absolute Gasteiger partial charge is 0.444 e. The van der Waals surface area contributed by atoms with Gasteiger partial charge in [0.05, 0.1) is 24.2 Å². The molecule has 2 fully saturated rings. The second-order valence-electron chi connectivity index (χ2n) is 9.91. The summed E-state index contributed by atoms with van der Waals surface area (Å²) < 4.78 is 11.4. The van der Waals surface area contributed by atoms with Crippen molar-refractivity contribution in [3.05, 3.63) is 35.9 Å². The van der Waals surface area contributed by atoms with E-state index in [4.69, 9.17) is 9.47 Å². The molecule has 0 aliphatic carbocycles. The molecule has 0 aromatic heterocycles. The van der Waals surface area contributed by atoms with Gasteiger partial charge in [0.25, 0.3) is 0 Å². The highest BCUT2D eigenvalue weighted by atomic mass is 16.6. The third-order valence-electron chi connectivity index (χ3n) is 6.25. The molecular formula is C24H37N3O4. The molecule has 0 saturated carbocycles. The average Bonchev–Trinajstić information content (AvgIpc) is 3.16. The van der Waals surface area contributed by atoms with E-state index >= 15 is 0 Å². The van der Waals surface area contributed by atoms with Crippen molar-refractivity contribution in [1.29, 1.82) is 0 Å². The quantitative estimate of drug-likeness (QED) is 0.750. The normalized spacial score (nSPS) is 23.7. The van der Waals surface area contributed by atoms with Gasteiger partial charge in [-0.05, 0) is 39.7 Å². The van der Waals surface area contributed by atoms with E-state index in [0.29, 0.717) is 26.1 Å². The fourth-order valence-electron chi connectivity index (χ4n) is 4.25. The highest BCUT2D eigenvalue weighted by Crippen LogP contribution is 2.30. The van der Waals surface area contributed by atoms with Gasteiger partial charge in [-0.2, -0.15) is 0 Å². The number of rotatable bonds is 6. The van der Waals surface area contributed by atoms with Gasteiger partial charge in [-0.1, -0.05) is 37.3 Å². The Bertz CT molecular complexity index is 764. The number of carbonyl (C=O) groups is 2. The first kappa shape index (κ1) is 23.5. The first-order valence-corrected chi connectivity index (χ1v) is 11.3. The van der Waals surface area contributed by atoms with E-state index in [9.17, 15) is 9.59 Å². The molecule has 2 saturated heterocycles. The van der Waals surface area contributed by atoms with E-state index in [1.807, 2.05) is 45.6 Å². The molecule has 1 N–H and O–H groups in total. The average molecular weight is 432 g/mol. The van der Waals surface area contributed by atoms with Gasteiger partial charge < -0.3 is 19.7 Å². The molecule has 2 heterocycles. The highest BCUT2D eigenvalue weighted by Gasteiger charge is 2.45. The molecular weight excluding hydrogens is 394 g/mol. The maximum Gasteiger partial charge on any atom is 0.407 e. The Hall–Kier alpha value is -2.12. The summed E-state index contributed by atoms with van der Waals surface area (Å²) in [5, 5.41) is 2.79. The van der Waals surface area contributed by atoms with Crippen LogP contribution in [0, 0.1) is 5.41 Å². The number of hydrogen-bond donors (Lipinski definition) is 1. The number of hydrogen-bond acceptors (Lipinski definition) is 5. The van der Waals surface area contributed by atoms with Crippen LogP contribution in [0.4, 0.5) is 4.79 Å². The topological polar surface area (TPSA) is 71.1 Å². The summed E-state index contributed by atoms with van der Waals surface area (Å²) in [6.45, 7) is 13.3. The van der Waals surface area contributed by atoms with Gasteiger partial charge in [-0.3, -0.25) is 9.69 Å². The second-order valence-corrected chi connectivity index (χ2v) is 9.91. The van der Waals surface area contributed by atoms with Gasteiger partial charge in [-0.25, -0.2) is 4.79 Å². The van der Waals surface area contributed by atoms with Crippen molar-refractivity contribution in [2.45, 2.75) is 65.3 Å². The molecule has 1 aromatic rings. The smallest absolute Gasteiger partial charge is 0.407 e. The Balaban J connectivity index is 1.62. The number of amides is 2. The summed E-state index contributed by atoms with van der Waals surface area (Å²) in [5.74, 6) is 0.0590. The van der Waals surface area contributed by atoms with Crippen LogP contribution in [-0.4, -0.2) is 72.3 Å². The van der Waals surface area contributed by atoms with Crippen molar-refractivity contribution in [2.75, 3.05) is 32.8 Å². The number of morpholine rings is 1. The minimum Gasteiger partial charge on any atom is -0.444 e. The van der Waals surface area contributed by atoms with Crippen LogP contribution < -0.4 is 5.32 Å². The number of benzene rings is 1. The SMILES string of the molecule is CC[C@](C)(CNC(=O)OC(C)(C)C)C(=O)N1C[C@@H]2OCCN(Cc3ccccc3)[C@H]2C1. The fraction of sp³-hybridized carbons (Fsp3) is 0.667. The van der Waals surface area contributed by atoms with Gasteiger partial charge in [0.1, 0.15) is 5.60 Å². The van der Waals surface area contributed by atoms with E-state index in [0.717, 1.165) is 13.1 Å². The first-order valence-electron chi connectivity index (χ1n) is 11.3. The zero-order valence-corrected chi connectivity index (χ0v) is 19.5. The minimum atomic E-state index is -0.686. The number of ether oxygens (including phenoxy) is 2. The van der Waals surface area contributed by atoms with Crippen LogP contribution in [0.3, 0.4) is 0 Å². The zero-order chi connectivity index (χ0) is 22.6. The Morgan fingerprint density at radius 2 is 1.87 bits per heavy atom. The molecule has 3 atom stereocenters. The number of likely N-dealkylation sites (tertiary alicyclic amines) is 1. The van der Waals surface area contributed by atoms with Gasteiger partial charge in [0.2, 0.25) is 5.91 Å². The van der Waals surface area contributed by atoms with Crippen molar-refractivity contribution in [2.24, 2.45) is 5.41 Å². The number of carbonyl (C=O) groups excluding carboxylic acids is 2. The van der Waals surface area contributed by atoms with Crippen molar-refractivity contribution >= 4 is 12.0 Å². The van der Waals surface area contributed by atoms with E-state index in [1.54, 1.807) is 0 Å². The lowest BCUT2D eigenvalue weighted by molar-refractivity contribution is -0.140. The van der Waals surface area contributed by atoms with Crippen molar-refractivity contribution in [3.63, 3.8) is 0 Å². The van der Waals surface area contributed by atoms with Gasteiger partial charge >= 0.3 is 6.09 Å². The van der Waals surface area contributed by atoms with Crippen LogP contribution in [0.25, 0.3) is 0 Å². The lowest BCUT2D eigenvalue weighted by atomic mass is 9.85. The Morgan fingerprint density at radius 1 is 1.16 bits per heavy atom. The van der Waals surface area contributed by atoms with Crippen molar-refractivity contribution < 1.29 is 19.1 Å². The fourth-order valence-corrected chi connectivity index (χ4v) is 4.25. The van der Waals surface area contributed by atoms with Crippen LogP contribution in [-0.2, 0) is 20.8 Å². The first-order chi connectivity index (χ1) is 14.6. The summed E-state index contributed by atoms with van der Waals surface area (Å²) in [6.07, 6.45) is 0.163. The zero-order valence-electron chi connectivity index (χ0n) is 19.5. The van der Waals surface area contributed by atoms with E-state index in [1.165, 1.54) is 5.56 Å². The molecule has 2 aliphatic heterocycles. The Kier molecular flexibility index (Phi) is 7.27. The molecule has 1 aromatic carbocycles. The minimum absolute atomic E-state index is 0.0290. The third-order valence-corrected chi connectivity index (χ3v) is 6.25. The molecule has 7 heteroatoms. The molecule has 0 bridgehead atoms. The predicted octanol–water partition coefficient (Wildman–Crippen LogP) is 3.04. The summed E-state index contributed by atoms with van der Waals surface area (Å²) in [6, 6.07) is 10.6. The highest BCUT2D eigenvalue weighted by molar-refractivity contribution is 5.83. The maximum atomic E-state index is 13.5. The Morgan fingerprint density at radius 3 is 2.52 bits per heavy atom. The van der Waals surface area contributed by atoms with Crippen molar-refractivity contribution in [3.8, 4) is 0 Å². The monoisotopic (exact) mass is 431 g/mol. The third kappa shape index (κ3) is 5.98. The molecule has 0 radical (unpaired) electrons. The Labute approximate surface area is 186 Å². The number of nitrogens with zero attached hydrogens (tertiary/aromatic N) is 2. The standard InChI is InChI=1S/C24H37N3O4/c1-6-24(5,17-25-22(29)31-23(2,3)4)21(28)27-15-19-20(16-27)30-13-12-26(19)14-18-10-8-7-9-11-18/h7-11,19-20H,6,12-17H2,1-5H3,(H,25,29)/t19-,20-,24+/m0/s1. The van der Waals surface area contributed by atoms with Crippen LogP contribution >= 0.6 is 0 Å². The predicted molar refractivity (Wildman–Crippen MR) is 120 cm³/mol. The van der Waals surface area contributed by atoms with E-state index in [2.05, 4.69) is 34.5 Å². The lowest BCUT2D eigenvalue weighted by Crippen LogP contribution is -2.50. The van der Waals surface area contributed by atoms with Gasteiger partial charge in [0.15, 0.2) is 0 Å². The van der Waals surface area contributed by atoms with Crippen LogP contribution in [0.15, 0.2) is 30.3 Å². The number of alkyl carbamates (subject to hydrolysis) is 1. The lowest BCUT2D eigenvalue weighted by Gasteiger charge is -2.36.